The highest BCUT2D eigenvalue weighted by Gasteiger charge is 2.10. The second kappa shape index (κ2) is 9.06. The average molecular weight is 318 g/mol. The highest BCUT2D eigenvalue weighted by molar-refractivity contribution is 6.35. The number of nitrogens with zero attached hydrogens (tertiary/aromatic N) is 1. The molecule has 6 heteroatoms. The van der Waals surface area contributed by atoms with Crippen molar-refractivity contribution in [3.63, 3.8) is 0 Å². The maximum absolute atomic E-state index is 6.15. The molecule has 0 spiro atoms. The second-order valence-corrected chi connectivity index (χ2v) is 5.19. The van der Waals surface area contributed by atoms with E-state index in [0.29, 0.717) is 29.2 Å². The summed E-state index contributed by atoms with van der Waals surface area (Å²) in [6, 6.07) is 5.36. The Labute approximate surface area is 130 Å². The highest BCUT2D eigenvalue weighted by atomic mass is 35.5. The van der Waals surface area contributed by atoms with E-state index in [1.165, 1.54) is 0 Å². The van der Waals surface area contributed by atoms with Crippen molar-refractivity contribution in [2.45, 2.75) is 26.3 Å². The Morgan fingerprint density at radius 1 is 1.45 bits per heavy atom. The Morgan fingerprint density at radius 3 is 2.85 bits per heavy atom. The molecule has 4 nitrogen and oxygen atoms in total. The Balaban J connectivity index is 2.48. The summed E-state index contributed by atoms with van der Waals surface area (Å²) in [5, 5.41) is 4.33. The van der Waals surface area contributed by atoms with E-state index in [9.17, 15) is 0 Å². The van der Waals surface area contributed by atoms with Crippen molar-refractivity contribution in [3.8, 4) is 0 Å². The van der Waals surface area contributed by atoms with E-state index in [-0.39, 0.29) is 6.04 Å². The summed E-state index contributed by atoms with van der Waals surface area (Å²) in [5.74, 6) is 0.403. The number of ether oxygens (including phenoxy) is 1. The van der Waals surface area contributed by atoms with Crippen LogP contribution in [0.3, 0.4) is 0 Å². The maximum Gasteiger partial charge on any atom is 0.189 e. The minimum atomic E-state index is -0.0320. The van der Waals surface area contributed by atoms with Crippen molar-refractivity contribution in [2.24, 2.45) is 10.7 Å². The average Bonchev–Trinajstić information content (AvgIpc) is 2.38. The van der Waals surface area contributed by atoms with Crippen LogP contribution in [0.4, 0.5) is 0 Å². The van der Waals surface area contributed by atoms with E-state index in [4.69, 9.17) is 33.7 Å². The van der Waals surface area contributed by atoms with Gasteiger partial charge in [0, 0.05) is 29.8 Å². The number of hydrogen-bond acceptors (Lipinski definition) is 2. The van der Waals surface area contributed by atoms with Gasteiger partial charge in [0.05, 0.1) is 6.04 Å². The zero-order valence-electron chi connectivity index (χ0n) is 11.8. The molecule has 0 fully saturated rings. The molecule has 1 unspecified atom stereocenters. The highest BCUT2D eigenvalue weighted by Crippen LogP contribution is 2.25. The molecule has 0 aliphatic heterocycles. The van der Waals surface area contributed by atoms with Crippen LogP contribution in [0.2, 0.25) is 10.0 Å². The fourth-order valence-corrected chi connectivity index (χ4v) is 2.28. The largest absolute Gasteiger partial charge is 0.382 e. The molecular formula is C14H21Cl2N3O. The van der Waals surface area contributed by atoms with Crippen LogP contribution < -0.4 is 11.1 Å². The van der Waals surface area contributed by atoms with Crippen LogP contribution in [0.1, 0.15) is 31.9 Å². The van der Waals surface area contributed by atoms with Gasteiger partial charge in [-0.1, -0.05) is 29.3 Å². The van der Waals surface area contributed by atoms with Gasteiger partial charge in [-0.2, -0.15) is 0 Å². The van der Waals surface area contributed by atoms with Crippen molar-refractivity contribution in [2.75, 3.05) is 19.8 Å². The molecule has 1 rings (SSSR count). The monoisotopic (exact) mass is 317 g/mol. The molecule has 0 aromatic heterocycles. The van der Waals surface area contributed by atoms with Gasteiger partial charge in [0.2, 0.25) is 0 Å². The third-order valence-electron chi connectivity index (χ3n) is 2.73. The number of nitrogens with two attached hydrogens (primary N) is 1. The first-order valence-electron chi connectivity index (χ1n) is 6.63. The van der Waals surface area contributed by atoms with E-state index in [2.05, 4.69) is 10.3 Å². The molecule has 20 heavy (non-hydrogen) atoms. The van der Waals surface area contributed by atoms with Crippen LogP contribution in [0.15, 0.2) is 23.2 Å². The molecule has 0 saturated carbocycles. The summed E-state index contributed by atoms with van der Waals surface area (Å²) >= 11 is 12.0. The molecule has 0 heterocycles. The Morgan fingerprint density at radius 2 is 2.20 bits per heavy atom. The minimum Gasteiger partial charge on any atom is -0.382 e. The number of halogens is 2. The molecule has 0 aliphatic rings. The Kier molecular flexibility index (Phi) is 7.73. The number of nitrogens with one attached hydrogen (secondary N) is 1. The fourth-order valence-electron chi connectivity index (χ4n) is 1.71. The zero-order valence-corrected chi connectivity index (χ0v) is 13.3. The number of rotatable bonds is 7. The van der Waals surface area contributed by atoms with Crippen molar-refractivity contribution < 1.29 is 4.74 Å². The lowest BCUT2D eigenvalue weighted by molar-refractivity contribution is 0.146. The first kappa shape index (κ1) is 17.1. The lowest BCUT2D eigenvalue weighted by Gasteiger charge is -2.16. The fraction of sp³-hybridized carbons (Fsp3) is 0.500. The summed E-state index contributed by atoms with van der Waals surface area (Å²) in [5.41, 5.74) is 6.77. The molecule has 0 bridgehead atoms. The lowest BCUT2D eigenvalue weighted by Crippen LogP contribution is -2.34. The number of aliphatic imine (C=N–C) groups is 1. The smallest absolute Gasteiger partial charge is 0.189 e. The van der Waals surface area contributed by atoms with Gasteiger partial charge in [-0.15, -0.1) is 0 Å². The first-order valence-corrected chi connectivity index (χ1v) is 7.39. The van der Waals surface area contributed by atoms with Gasteiger partial charge in [-0.3, -0.25) is 4.99 Å². The minimum absolute atomic E-state index is 0.0320. The summed E-state index contributed by atoms with van der Waals surface area (Å²) in [6.07, 6.45) is 0.853. The normalized spacial score (nSPS) is 13.3. The summed E-state index contributed by atoms with van der Waals surface area (Å²) < 4.78 is 5.23. The third-order valence-corrected chi connectivity index (χ3v) is 3.29. The molecule has 0 amide bonds. The number of benzene rings is 1. The van der Waals surface area contributed by atoms with Gasteiger partial charge in [-0.25, -0.2) is 0 Å². The third kappa shape index (κ3) is 5.99. The van der Waals surface area contributed by atoms with Crippen LogP contribution in [0, 0.1) is 0 Å². The van der Waals surface area contributed by atoms with E-state index in [0.717, 1.165) is 18.6 Å². The quantitative estimate of drug-likeness (QED) is 0.460. The number of guanidine groups is 1. The van der Waals surface area contributed by atoms with Gasteiger partial charge < -0.3 is 15.8 Å². The second-order valence-electron chi connectivity index (χ2n) is 4.35. The van der Waals surface area contributed by atoms with Gasteiger partial charge in [0.25, 0.3) is 0 Å². The van der Waals surface area contributed by atoms with Crippen LogP contribution in [0.25, 0.3) is 0 Å². The molecule has 3 N–H and O–H groups in total. The van der Waals surface area contributed by atoms with E-state index >= 15 is 0 Å². The Hall–Kier alpha value is -0.970. The summed E-state index contributed by atoms with van der Waals surface area (Å²) in [7, 11) is 0. The molecule has 0 radical (unpaired) electrons. The molecular weight excluding hydrogens is 297 g/mol. The topological polar surface area (TPSA) is 59.6 Å². The molecule has 0 aliphatic carbocycles. The van der Waals surface area contributed by atoms with Gasteiger partial charge in [-0.05, 0) is 38.0 Å². The van der Waals surface area contributed by atoms with Gasteiger partial charge in [0.15, 0.2) is 5.96 Å². The predicted octanol–water partition coefficient (Wildman–Crippen LogP) is 3.39. The standard InChI is InChI=1S/C14H21Cl2N3O/c1-3-20-8-4-7-18-14(17)19-10(2)12-6-5-11(15)9-13(12)16/h5-6,9-10H,3-4,7-8H2,1-2H3,(H3,17,18,19). The van der Waals surface area contributed by atoms with Crippen molar-refractivity contribution >= 4 is 29.2 Å². The summed E-state index contributed by atoms with van der Waals surface area (Å²) in [6.45, 7) is 6.00. The molecule has 1 atom stereocenters. The Bertz CT molecular complexity index is 452. The van der Waals surface area contributed by atoms with Gasteiger partial charge >= 0.3 is 0 Å². The molecule has 112 valence electrons. The van der Waals surface area contributed by atoms with Crippen LogP contribution >= 0.6 is 23.2 Å². The summed E-state index contributed by atoms with van der Waals surface area (Å²) in [4.78, 5) is 4.24. The molecule has 1 aromatic rings. The van der Waals surface area contributed by atoms with Crippen molar-refractivity contribution in [1.82, 2.24) is 5.32 Å². The van der Waals surface area contributed by atoms with Crippen molar-refractivity contribution in [1.29, 1.82) is 0 Å². The van der Waals surface area contributed by atoms with Crippen LogP contribution in [-0.2, 0) is 4.74 Å². The molecule has 1 aromatic carbocycles. The zero-order chi connectivity index (χ0) is 15.0. The first-order chi connectivity index (χ1) is 9.54. The predicted molar refractivity (Wildman–Crippen MR) is 85.6 cm³/mol. The van der Waals surface area contributed by atoms with E-state index < -0.39 is 0 Å². The van der Waals surface area contributed by atoms with Crippen molar-refractivity contribution in [3.05, 3.63) is 33.8 Å². The SMILES string of the molecule is CCOCCCN=C(N)NC(C)c1ccc(Cl)cc1Cl. The maximum atomic E-state index is 6.15. The van der Waals surface area contributed by atoms with E-state index in [1.54, 1.807) is 12.1 Å². The van der Waals surface area contributed by atoms with E-state index in [1.807, 2.05) is 19.9 Å². The van der Waals surface area contributed by atoms with Crippen LogP contribution in [0.5, 0.6) is 0 Å². The lowest BCUT2D eigenvalue weighted by atomic mass is 10.1. The number of hydrogen-bond donors (Lipinski definition) is 2. The van der Waals surface area contributed by atoms with Gasteiger partial charge in [0.1, 0.15) is 0 Å². The molecule has 0 saturated heterocycles. The van der Waals surface area contributed by atoms with Crippen LogP contribution in [-0.4, -0.2) is 25.7 Å².